The van der Waals surface area contributed by atoms with Gasteiger partial charge < -0.3 is 31.1 Å². The lowest BCUT2D eigenvalue weighted by Gasteiger charge is -2.27. The number of aliphatic hydroxyl groups is 1. The van der Waals surface area contributed by atoms with Gasteiger partial charge in [-0.3, -0.25) is 15.0 Å². The number of aliphatic hydroxyl groups excluding tert-OH is 1. The minimum atomic E-state index is -1.21. The van der Waals surface area contributed by atoms with Crippen molar-refractivity contribution in [2.75, 3.05) is 13.2 Å². The van der Waals surface area contributed by atoms with Crippen molar-refractivity contribution in [2.45, 2.75) is 38.1 Å². The monoisotopic (exact) mass is 467 g/mol. The Morgan fingerprint density at radius 1 is 1.12 bits per heavy atom. The van der Waals surface area contributed by atoms with Gasteiger partial charge in [-0.25, -0.2) is 4.79 Å². The highest BCUT2D eigenvalue weighted by atomic mass is 16.5. The summed E-state index contributed by atoms with van der Waals surface area (Å²) >= 11 is 0. The second kappa shape index (κ2) is 11.8. The Morgan fingerprint density at radius 3 is 2.47 bits per heavy atom. The van der Waals surface area contributed by atoms with Crippen LogP contribution in [-0.4, -0.2) is 59.0 Å². The maximum Gasteiger partial charge on any atom is 0.408 e. The number of ether oxygens (including phenoxy) is 1. The molecule has 1 aliphatic rings. The van der Waals surface area contributed by atoms with Crippen molar-refractivity contribution in [3.05, 3.63) is 71.3 Å². The van der Waals surface area contributed by atoms with Gasteiger partial charge in [-0.15, -0.1) is 0 Å². The molecule has 1 saturated heterocycles. The fraction of sp³-hybridized carbons (Fsp3) is 0.333. The summed E-state index contributed by atoms with van der Waals surface area (Å²) in [6, 6.07) is 14.1. The van der Waals surface area contributed by atoms with Crippen LogP contribution in [0.25, 0.3) is 0 Å². The number of nitrogen functional groups attached to an aromatic ring is 1. The molecule has 10 nitrogen and oxygen atoms in total. The zero-order valence-corrected chi connectivity index (χ0v) is 18.7. The summed E-state index contributed by atoms with van der Waals surface area (Å²) in [4.78, 5) is 39.2. The Bertz CT molecular complexity index is 1010. The summed E-state index contributed by atoms with van der Waals surface area (Å²) in [6.45, 7) is 0.0122. The number of carbonyl (C=O) groups is 3. The highest BCUT2D eigenvalue weighted by Crippen LogP contribution is 2.19. The number of amides is 3. The van der Waals surface area contributed by atoms with Crippen molar-refractivity contribution in [3.63, 3.8) is 0 Å². The van der Waals surface area contributed by atoms with Crippen LogP contribution in [0.3, 0.4) is 0 Å². The number of hydrogen-bond acceptors (Lipinski definition) is 6. The molecule has 0 aliphatic carbocycles. The number of amidine groups is 1. The van der Waals surface area contributed by atoms with Gasteiger partial charge in [0, 0.05) is 18.7 Å². The number of hydrogen-bond donors (Lipinski definition) is 5. The van der Waals surface area contributed by atoms with Crippen molar-refractivity contribution >= 4 is 23.7 Å². The highest BCUT2D eigenvalue weighted by molar-refractivity contribution is 5.95. The molecule has 0 aromatic heterocycles. The van der Waals surface area contributed by atoms with Gasteiger partial charge in [0.25, 0.3) is 0 Å². The molecule has 1 aliphatic heterocycles. The number of carbonyl (C=O) groups excluding carboxylic acids is 3. The molecule has 1 fully saturated rings. The molecule has 180 valence electrons. The van der Waals surface area contributed by atoms with Gasteiger partial charge in [0.2, 0.25) is 11.8 Å². The molecule has 0 spiro atoms. The van der Waals surface area contributed by atoms with Crippen LogP contribution in [0.15, 0.2) is 54.6 Å². The second-order valence-electron chi connectivity index (χ2n) is 7.96. The Hall–Kier alpha value is -3.92. The van der Waals surface area contributed by atoms with Gasteiger partial charge in [-0.2, -0.15) is 0 Å². The number of nitrogens with one attached hydrogen (secondary N) is 3. The van der Waals surface area contributed by atoms with E-state index in [1.165, 1.54) is 4.90 Å². The fourth-order valence-corrected chi connectivity index (χ4v) is 3.70. The van der Waals surface area contributed by atoms with E-state index in [0.717, 1.165) is 11.1 Å². The number of alkyl carbamates (subject to hydrolysis) is 1. The first-order valence-corrected chi connectivity index (χ1v) is 11.0. The Kier molecular flexibility index (Phi) is 8.58. The van der Waals surface area contributed by atoms with Gasteiger partial charge in [0.15, 0.2) is 0 Å². The van der Waals surface area contributed by atoms with Gasteiger partial charge >= 0.3 is 6.09 Å². The van der Waals surface area contributed by atoms with Gasteiger partial charge in [0.05, 0.1) is 6.61 Å². The minimum Gasteiger partial charge on any atom is -0.445 e. The van der Waals surface area contributed by atoms with E-state index >= 15 is 0 Å². The first kappa shape index (κ1) is 24.7. The smallest absolute Gasteiger partial charge is 0.408 e. The van der Waals surface area contributed by atoms with Gasteiger partial charge in [0.1, 0.15) is 24.5 Å². The van der Waals surface area contributed by atoms with E-state index in [9.17, 15) is 19.5 Å². The summed E-state index contributed by atoms with van der Waals surface area (Å²) in [5.41, 5.74) is 7.65. The summed E-state index contributed by atoms with van der Waals surface area (Å²) in [5.74, 6) is -0.890. The van der Waals surface area contributed by atoms with Crippen LogP contribution < -0.4 is 16.4 Å². The van der Waals surface area contributed by atoms with Crippen molar-refractivity contribution in [3.8, 4) is 0 Å². The first-order chi connectivity index (χ1) is 16.4. The second-order valence-corrected chi connectivity index (χ2v) is 7.96. The lowest BCUT2D eigenvalue weighted by molar-refractivity contribution is -0.140. The van der Waals surface area contributed by atoms with E-state index < -0.39 is 30.7 Å². The summed E-state index contributed by atoms with van der Waals surface area (Å²) in [6.07, 6.45) is 0.288. The molecule has 2 aromatic rings. The van der Waals surface area contributed by atoms with E-state index in [1.807, 2.05) is 18.2 Å². The Balaban J connectivity index is 1.53. The van der Waals surface area contributed by atoms with Gasteiger partial charge in [-0.1, -0.05) is 54.6 Å². The van der Waals surface area contributed by atoms with Crippen LogP contribution in [0.2, 0.25) is 0 Å². The number of nitrogens with zero attached hydrogens (tertiary/aromatic N) is 1. The summed E-state index contributed by atoms with van der Waals surface area (Å²) in [7, 11) is 0. The number of likely N-dealkylation sites (tertiary alicyclic amines) is 1. The van der Waals surface area contributed by atoms with Gasteiger partial charge in [-0.05, 0) is 24.0 Å². The van der Waals surface area contributed by atoms with E-state index in [-0.39, 0.29) is 24.9 Å². The third-order valence-electron chi connectivity index (χ3n) is 5.56. The quantitative estimate of drug-likeness (QED) is 0.272. The highest BCUT2D eigenvalue weighted by Gasteiger charge is 2.37. The fourth-order valence-electron chi connectivity index (χ4n) is 3.70. The molecular formula is C24H29N5O5. The predicted molar refractivity (Wildman–Crippen MR) is 125 cm³/mol. The summed E-state index contributed by atoms with van der Waals surface area (Å²) < 4.78 is 5.13. The number of rotatable bonds is 9. The maximum atomic E-state index is 13.0. The molecule has 1 heterocycles. The molecule has 0 radical (unpaired) electrons. The van der Waals surface area contributed by atoms with Crippen molar-refractivity contribution in [1.82, 2.24) is 15.5 Å². The maximum absolute atomic E-state index is 13.0. The lowest BCUT2D eigenvalue weighted by atomic mass is 10.1. The van der Waals surface area contributed by atoms with Crippen LogP contribution in [-0.2, 0) is 27.5 Å². The SMILES string of the molecule is N=C(N)c1ccc(CNC(=O)[C@@H]2CCCN2C(=O)[C@@H](CO)NC(=O)OCc2ccccc2)cc1. The van der Waals surface area contributed by atoms with E-state index in [0.29, 0.717) is 24.9 Å². The molecule has 0 unspecified atom stereocenters. The Labute approximate surface area is 197 Å². The van der Waals surface area contributed by atoms with Crippen LogP contribution >= 0.6 is 0 Å². The van der Waals surface area contributed by atoms with Crippen molar-refractivity contribution in [1.29, 1.82) is 5.41 Å². The van der Waals surface area contributed by atoms with Crippen LogP contribution in [0.4, 0.5) is 4.79 Å². The van der Waals surface area contributed by atoms with E-state index in [4.69, 9.17) is 15.9 Å². The molecule has 10 heteroatoms. The molecule has 2 aromatic carbocycles. The van der Waals surface area contributed by atoms with Crippen LogP contribution in [0.5, 0.6) is 0 Å². The largest absolute Gasteiger partial charge is 0.445 e. The number of benzene rings is 2. The molecule has 3 rings (SSSR count). The standard InChI is InChI=1S/C24H29N5O5/c25-21(26)18-10-8-16(9-11-18)13-27-22(31)20-7-4-12-29(20)23(32)19(14-30)28-24(33)34-15-17-5-2-1-3-6-17/h1-3,5-6,8-11,19-20,30H,4,7,12-15H2,(H3,25,26)(H,27,31)(H,28,33)/t19-,20+/m1/s1. The zero-order chi connectivity index (χ0) is 24.5. The molecule has 3 amide bonds. The molecule has 0 saturated carbocycles. The van der Waals surface area contributed by atoms with Crippen molar-refractivity contribution < 1.29 is 24.2 Å². The lowest BCUT2D eigenvalue weighted by Crippen LogP contribution is -2.54. The molecule has 2 atom stereocenters. The number of nitrogens with two attached hydrogens (primary N) is 1. The van der Waals surface area contributed by atoms with Crippen LogP contribution in [0, 0.1) is 5.41 Å². The Morgan fingerprint density at radius 2 is 1.82 bits per heavy atom. The third kappa shape index (κ3) is 6.55. The third-order valence-corrected chi connectivity index (χ3v) is 5.56. The molecular weight excluding hydrogens is 438 g/mol. The average molecular weight is 468 g/mol. The minimum absolute atomic E-state index is 0.0289. The van der Waals surface area contributed by atoms with Crippen LogP contribution in [0.1, 0.15) is 29.5 Å². The topological polar surface area (TPSA) is 158 Å². The summed E-state index contributed by atoms with van der Waals surface area (Å²) in [5, 5.41) is 22.3. The predicted octanol–water partition coefficient (Wildman–Crippen LogP) is 0.865. The average Bonchev–Trinajstić information content (AvgIpc) is 3.35. The van der Waals surface area contributed by atoms with Crippen molar-refractivity contribution in [2.24, 2.45) is 5.73 Å². The molecule has 34 heavy (non-hydrogen) atoms. The first-order valence-electron chi connectivity index (χ1n) is 11.0. The zero-order valence-electron chi connectivity index (χ0n) is 18.7. The normalized spacial score (nSPS) is 15.9. The molecule has 6 N–H and O–H groups in total. The molecule has 0 bridgehead atoms. The van der Waals surface area contributed by atoms with E-state index in [2.05, 4.69) is 10.6 Å². The van der Waals surface area contributed by atoms with E-state index in [1.54, 1.807) is 36.4 Å².